The Balaban J connectivity index is 1.37. The van der Waals surface area contributed by atoms with E-state index in [2.05, 4.69) is 0 Å². The summed E-state index contributed by atoms with van der Waals surface area (Å²) in [5.74, 6) is 0. The van der Waals surface area contributed by atoms with E-state index in [-0.39, 0.29) is 0 Å². The highest BCUT2D eigenvalue weighted by Crippen LogP contribution is 2.31. The molecule has 5 rings (SSSR count). The van der Waals surface area contributed by atoms with Gasteiger partial charge in [-0.15, -0.1) is 0 Å². The van der Waals surface area contributed by atoms with Crippen LogP contribution in [0.2, 0.25) is 0 Å². The Morgan fingerprint density at radius 2 is 0.902 bits per heavy atom. The fraction of sp³-hybridized carbons (Fsp3) is 0.314. The summed E-state index contributed by atoms with van der Waals surface area (Å²) in [5.41, 5.74) is 4.26. The van der Waals surface area contributed by atoms with Crippen molar-refractivity contribution < 1.29 is 28.4 Å². The lowest BCUT2D eigenvalue weighted by Crippen LogP contribution is -2.61. The van der Waals surface area contributed by atoms with E-state index in [0.29, 0.717) is 33.0 Å². The van der Waals surface area contributed by atoms with E-state index in [9.17, 15) is 0 Å². The molecule has 4 aromatic carbocycles. The van der Waals surface area contributed by atoms with Crippen molar-refractivity contribution in [1.82, 2.24) is 0 Å². The molecule has 4 aromatic rings. The van der Waals surface area contributed by atoms with Crippen molar-refractivity contribution in [2.45, 2.75) is 57.1 Å². The first-order chi connectivity index (χ1) is 20.3. The lowest BCUT2D eigenvalue weighted by molar-refractivity contribution is -0.327. The third kappa shape index (κ3) is 8.57. The van der Waals surface area contributed by atoms with Crippen LogP contribution in [-0.4, -0.2) is 44.4 Å². The van der Waals surface area contributed by atoms with Gasteiger partial charge in [-0.05, 0) is 22.3 Å². The van der Waals surface area contributed by atoms with Crippen molar-refractivity contribution in [3.8, 4) is 0 Å². The van der Waals surface area contributed by atoms with Gasteiger partial charge in [-0.25, -0.2) is 0 Å². The van der Waals surface area contributed by atoms with E-state index in [4.69, 9.17) is 28.4 Å². The molecule has 0 aromatic heterocycles. The first-order valence-corrected chi connectivity index (χ1v) is 14.1. The smallest absolute Gasteiger partial charge is 0.187 e. The largest absolute Gasteiger partial charge is 0.376 e. The first kappa shape index (κ1) is 29.1. The number of benzene rings is 4. The van der Waals surface area contributed by atoms with Crippen molar-refractivity contribution in [2.24, 2.45) is 0 Å². The molecule has 0 N–H and O–H groups in total. The van der Waals surface area contributed by atoms with Gasteiger partial charge >= 0.3 is 0 Å². The van der Waals surface area contributed by atoms with Crippen LogP contribution in [0.5, 0.6) is 0 Å². The molecule has 41 heavy (non-hydrogen) atoms. The Morgan fingerprint density at radius 1 is 0.488 bits per heavy atom. The molecule has 6 nitrogen and oxygen atoms in total. The molecule has 1 aliphatic heterocycles. The second kappa shape index (κ2) is 15.6. The van der Waals surface area contributed by atoms with Crippen LogP contribution in [0.25, 0.3) is 0 Å². The number of hydrogen-bond acceptors (Lipinski definition) is 6. The summed E-state index contributed by atoms with van der Waals surface area (Å²) >= 11 is 0. The van der Waals surface area contributed by atoms with E-state index >= 15 is 0 Å². The van der Waals surface area contributed by atoms with E-state index < -0.39 is 30.7 Å². The highest BCUT2D eigenvalue weighted by atomic mass is 16.7. The maximum Gasteiger partial charge on any atom is 0.187 e. The molecule has 0 aliphatic carbocycles. The zero-order valence-electron chi connectivity index (χ0n) is 23.4. The van der Waals surface area contributed by atoms with Gasteiger partial charge in [-0.1, -0.05) is 121 Å². The van der Waals surface area contributed by atoms with Crippen LogP contribution in [0, 0.1) is 0 Å². The molecule has 0 spiro atoms. The van der Waals surface area contributed by atoms with Gasteiger partial charge in [0.2, 0.25) is 0 Å². The minimum Gasteiger partial charge on any atom is -0.376 e. The minimum absolute atomic E-state index is 0.315. The number of rotatable bonds is 14. The second-order valence-corrected chi connectivity index (χ2v) is 10.1. The number of methoxy groups -OCH3 is 1. The first-order valence-electron chi connectivity index (χ1n) is 14.1. The number of hydrogen-bond donors (Lipinski definition) is 0. The molecule has 1 aliphatic rings. The lowest BCUT2D eigenvalue weighted by Gasteiger charge is -2.45. The fourth-order valence-corrected chi connectivity index (χ4v) is 4.95. The molecule has 0 unspecified atom stereocenters. The van der Waals surface area contributed by atoms with Crippen LogP contribution >= 0.6 is 0 Å². The van der Waals surface area contributed by atoms with Crippen LogP contribution in [0.15, 0.2) is 121 Å². The molecule has 0 bridgehead atoms. The monoisotopic (exact) mass is 554 g/mol. The SMILES string of the molecule is CO[C@@H]1[C@H](OCc2ccccc2)[C@@H](OCc2ccccc2)[C@H](OCc2ccccc2)O[C@@H]1COCc1ccccc1. The normalized spacial score (nSPS) is 22.4. The van der Waals surface area contributed by atoms with Gasteiger partial charge in [0.15, 0.2) is 6.29 Å². The highest BCUT2D eigenvalue weighted by Gasteiger charge is 2.48. The summed E-state index contributed by atoms with van der Waals surface area (Å²) < 4.78 is 38.2. The quantitative estimate of drug-likeness (QED) is 0.182. The molecule has 1 fully saturated rings. The topological polar surface area (TPSA) is 55.4 Å². The van der Waals surface area contributed by atoms with Crippen molar-refractivity contribution in [2.75, 3.05) is 13.7 Å². The van der Waals surface area contributed by atoms with Crippen LogP contribution in [0.4, 0.5) is 0 Å². The Labute approximate surface area is 242 Å². The van der Waals surface area contributed by atoms with Gasteiger partial charge in [-0.3, -0.25) is 0 Å². The van der Waals surface area contributed by atoms with Crippen molar-refractivity contribution in [3.05, 3.63) is 144 Å². The van der Waals surface area contributed by atoms with Crippen molar-refractivity contribution >= 4 is 0 Å². The standard InChI is InChI=1S/C35H38O6/c1-36-32-31(26-37-22-27-14-6-2-7-15-27)41-35(40-25-30-20-12-5-13-21-30)34(39-24-29-18-10-4-11-19-29)33(32)38-23-28-16-8-3-9-17-28/h2-21,31-35H,22-26H2,1H3/t31-,32+,33+,34-,35-/m1/s1. The summed E-state index contributed by atoms with van der Waals surface area (Å²) in [6.07, 6.45) is -2.58. The predicted molar refractivity (Wildman–Crippen MR) is 157 cm³/mol. The second-order valence-electron chi connectivity index (χ2n) is 10.1. The van der Waals surface area contributed by atoms with Gasteiger partial charge in [0.05, 0.1) is 33.0 Å². The lowest BCUT2D eigenvalue weighted by atomic mass is 9.98. The van der Waals surface area contributed by atoms with E-state index in [1.165, 1.54) is 0 Å². The van der Waals surface area contributed by atoms with E-state index in [0.717, 1.165) is 22.3 Å². The summed E-state index contributed by atoms with van der Waals surface area (Å²) in [5, 5.41) is 0. The Hall–Kier alpha value is -3.36. The van der Waals surface area contributed by atoms with Crippen LogP contribution < -0.4 is 0 Å². The van der Waals surface area contributed by atoms with E-state index in [1.807, 2.05) is 121 Å². The highest BCUT2D eigenvalue weighted by molar-refractivity contribution is 5.16. The summed E-state index contributed by atoms with van der Waals surface area (Å²) in [7, 11) is 1.68. The van der Waals surface area contributed by atoms with Gasteiger partial charge in [0, 0.05) is 7.11 Å². The summed E-state index contributed by atoms with van der Waals surface area (Å²) in [4.78, 5) is 0. The molecular formula is C35H38O6. The maximum atomic E-state index is 6.59. The molecule has 5 atom stereocenters. The fourth-order valence-electron chi connectivity index (χ4n) is 4.95. The molecule has 0 amide bonds. The third-order valence-corrected chi connectivity index (χ3v) is 7.08. The maximum absolute atomic E-state index is 6.59. The average Bonchev–Trinajstić information content (AvgIpc) is 3.04. The summed E-state index contributed by atoms with van der Waals surface area (Å²) in [6.45, 7) is 1.94. The van der Waals surface area contributed by atoms with E-state index in [1.54, 1.807) is 7.11 Å². The zero-order chi connectivity index (χ0) is 28.1. The molecule has 0 radical (unpaired) electrons. The molecule has 1 heterocycles. The average molecular weight is 555 g/mol. The third-order valence-electron chi connectivity index (χ3n) is 7.08. The van der Waals surface area contributed by atoms with Crippen molar-refractivity contribution in [1.29, 1.82) is 0 Å². The van der Waals surface area contributed by atoms with Crippen LogP contribution in [-0.2, 0) is 54.8 Å². The Bertz CT molecular complexity index is 1260. The predicted octanol–water partition coefficient (Wildman–Crippen LogP) is 6.33. The minimum atomic E-state index is -0.698. The summed E-state index contributed by atoms with van der Waals surface area (Å²) in [6, 6.07) is 40.3. The Morgan fingerprint density at radius 3 is 1.37 bits per heavy atom. The van der Waals surface area contributed by atoms with Crippen LogP contribution in [0.3, 0.4) is 0 Å². The number of ether oxygens (including phenoxy) is 6. The zero-order valence-corrected chi connectivity index (χ0v) is 23.4. The van der Waals surface area contributed by atoms with Crippen molar-refractivity contribution in [3.63, 3.8) is 0 Å². The molecule has 6 heteroatoms. The molecule has 1 saturated heterocycles. The van der Waals surface area contributed by atoms with Gasteiger partial charge in [0.25, 0.3) is 0 Å². The molecule has 0 saturated carbocycles. The molecule has 214 valence electrons. The van der Waals surface area contributed by atoms with Crippen LogP contribution in [0.1, 0.15) is 22.3 Å². The Kier molecular flexibility index (Phi) is 11.1. The van der Waals surface area contributed by atoms with Gasteiger partial charge in [-0.2, -0.15) is 0 Å². The van der Waals surface area contributed by atoms with Gasteiger partial charge < -0.3 is 28.4 Å². The molecular weight excluding hydrogens is 516 g/mol. The van der Waals surface area contributed by atoms with Gasteiger partial charge in [0.1, 0.15) is 24.4 Å².